The lowest BCUT2D eigenvalue weighted by molar-refractivity contribution is -0.384. The lowest BCUT2D eigenvalue weighted by atomic mass is 9.77. The van der Waals surface area contributed by atoms with E-state index >= 15 is 0 Å². The fraction of sp³-hybridized carbons (Fsp3) is 0.455. The molecule has 1 aliphatic carbocycles. The molecule has 0 bridgehead atoms. The Kier molecular flexibility index (Phi) is 3.12. The highest BCUT2D eigenvalue weighted by atomic mass is 35.5. The van der Waals surface area contributed by atoms with Gasteiger partial charge in [0.15, 0.2) is 0 Å². The summed E-state index contributed by atoms with van der Waals surface area (Å²) < 4.78 is 0. The quantitative estimate of drug-likeness (QED) is 0.652. The van der Waals surface area contributed by atoms with E-state index in [1.165, 1.54) is 18.6 Å². The fourth-order valence-electron chi connectivity index (χ4n) is 1.97. The third-order valence-electron chi connectivity index (χ3n) is 3.16. The number of non-ortho nitro benzene ring substituents is 1. The zero-order valence-electron chi connectivity index (χ0n) is 8.73. The number of nitro groups is 1. The largest absolute Gasteiger partial charge is 0.324 e. The van der Waals surface area contributed by atoms with Gasteiger partial charge in [-0.3, -0.25) is 10.1 Å². The average molecular weight is 241 g/mol. The first-order valence-corrected chi connectivity index (χ1v) is 5.66. The van der Waals surface area contributed by atoms with Gasteiger partial charge in [0.05, 0.1) is 4.92 Å². The summed E-state index contributed by atoms with van der Waals surface area (Å²) in [6.07, 6.45) is 3.39. The van der Waals surface area contributed by atoms with Crippen LogP contribution in [0.25, 0.3) is 0 Å². The molecule has 0 amide bonds. The highest BCUT2D eigenvalue weighted by Gasteiger charge is 2.26. The second-order valence-corrected chi connectivity index (χ2v) is 4.65. The molecule has 1 aromatic rings. The second kappa shape index (κ2) is 4.39. The van der Waals surface area contributed by atoms with Gasteiger partial charge >= 0.3 is 0 Å². The molecule has 2 rings (SSSR count). The molecule has 1 atom stereocenters. The molecular formula is C11H13ClN2O2. The zero-order valence-corrected chi connectivity index (χ0v) is 9.48. The Morgan fingerprint density at radius 1 is 1.44 bits per heavy atom. The molecule has 0 aromatic heterocycles. The molecule has 16 heavy (non-hydrogen) atoms. The molecule has 2 N–H and O–H groups in total. The molecule has 1 aliphatic rings. The van der Waals surface area contributed by atoms with E-state index < -0.39 is 4.92 Å². The topological polar surface area (TPSA) is 69.2 Å². The fourth-order valence-corrected chi connectivity index (χ4v) is 2.20. The molecule has 1 unspecified atom stereocenters. The normalized spacial score (nSPS) is 17.9. The van der Waals surface area contributed by atoms with Crippen molar-refractivity contribution in [1.29, 1.82) is 0 Å². The number of hydrogen-bond acceptors (Lipinski definition) is 3. The van der Waals surface area contributed by atoms with Gasteiger partial charge < -0.3 is 5.73 Å². The first-order valence-electron chi connectivity index (χ1n) is 5.28. The van der Waals surface area contributed by atoms with Gasteiger partial charge in [-0.2, -0.15) is 0 Å². The summed E-state index contributed by atoms with van der Waals surface area (Å²) in [4.78, 5) is 10.2. The number of benzene rings is 1. The van der Waals surface area contributed by atoms with Crippen LogP contribution in [0.2, 0.25) is 5.02 Å². The maximum atomic E-state index is 10.7. The maximum Gasteiger partial charge on any atom is 0.271 e. The number of halogens is 1. The number of nitrogens with two attached hydrogens (primary N) is 1. The Hall–Kier alpha value is -1.13. The van der Waals surface area contributed by atoms with E-state index in [9.17, 15) is 10.1 Å². The Bertz CT molecular complexity index is 418. The molecule has 1 fully saturated rings. The summed E-state index contributed by atoms with van der Waals surface area (Å²) in [7, 11) is 0. The highest BCUT2D eigenvalue weighted by Crippen LogP contribution is 2.37. The van der Waals surface area contributed by atoms with Crippen molar-refractivity contribution >= 4 is 17.3 Å². The molecule has 0 heterocycles. The van der Waals surface area contributed by atoms with Gasteiger partial charge in [-0.1, -0.05) is 18.0 Å². The predicted molar refractivity (Wildman–Crippen MR) is 62.4 cm³/mol. The van der Waals surface area contributed by atoms with E-state index in [4.69, 9.17) is 17.3 Å². The summed E-state index contributed by atoms with van der Waals surface area (Å²) in [5.74, 6) is 0.443. The monoisotopic (exact) mass is 240 g/mol. The third-order valence-corrected chi connectivity index (χ3v) is 3.38. The smallest absolute Gasteiger partial charge is 0.271 e. The molecule has 1 aromatic carbocycles. The number of rotatable bonds is 3. The van der Waals surface area contributed by atoms with Crippen molar-refractivity contribution in [3.05, 3.63) is 38.9 Å². The van der Waals surface area contributed by atoms with Crippen molar-refractivity contribution in [2.75, 3.05) is 0 Å². The minimum absolute atomic E-state index is 0.0114. The summed E-state index contributed by atoms with van der Waals surface area (Å²) in [6.45, 7) is 0. The van der Waals surface area contributed by atoms with Gasteiger partial charge in [0.2, 0.25) is 0 Å². The zero-order chi connectivity index (χ0) is 11.7. The highest BCUT2D eigenvalue weighted by molar-refractivity contribution is 6.30. The minimum atomic E-state index is -0.442. The van der Waals surface area contributed by atoms with Crippen molar-refractivity contribution in [3.63, 3.8) is 0 Å². The van der Waals surface area contributed by atoms with Crippen LogP contribution in [0.3, 0.4) is 0 Å². The van der Waals surface area contributed by atoms with Crippen molar-refractivity contribution in [3.8, 4) is 0 Å². The van der Waals surface area contributed by atoms with Gasteiger partial charge in [0.25, 0.3) is 5.69 Å². The number of nitrogens with zero attached hydrogens (tertiary/aromatic N) is 1. The first kappa shape index (κ1) is 11.4. The molecule has 5 heteroatoms. The predicted octanol–water partition coefficient (Wildman–Crippen LogP) is 3.05. The summed E-state index contributed by atoms with van der Waals surface area (Å²) in [5, 5.41) is 11.1. The van der Waals surface area contributed by atoms with Crippen LogP contribution in [0.15, 0.2) is 18.2 Å². The number of nitro benzene ring substituents is 1. The summed E-state index contributed by atoms with van der Waals surface area (Å²) in [5.41, 5.74) is 6.84. The van der Waals surface area contributed by atoms with Gasteiger partial charge in [0, 0.05) is 23.2 Å². The summed E-state index contributed by atoms with van der Waals surface area (Å²) in [6, 6.07) is 4.46. The maximum absolute atomic E-state index is 10.7. The number of hydrogen-bond donors (Lipinski definition) is 1. The van der Waals surface area contributed by atoms with Crippen molar-refractivity contribution in [2.24, 2.45) is 11.7 Å². The van der Waals surface area contributed by atoms with E-state index in [2.05, 4.69) is 0 Å². The van der Waals surface area contributed by atoms with Crippen LogP contribution in [-0.4, -0.2) is 4.92 Å². The van der Waals surface area contributed by atoms with Crippen LogP contribution >= 0.6 is 11.6 Å². The molecule has 1 saturated carbocycles. The molecule has 0 spiro atoms. The van der Waals surface area contributed by atoms with Crippen LogP contribution in [0.5, 0.6) is 0 Å². The van der Waals surface area contributed by atoms with Gasteiger partial charge in [-0.15, -0.1) is 0 Å². The third kappa shape index (κ3) is 2.18. The first-order chi connectivity index (χ1) is 7.58. The Morgan fingerprint density at radius 2 is 2.12 bits per heavy atom. The average Bonchev–Trinajstić information content (AvgIpc) is 2.13. The van der Waals surface area contributed by atoms with Crippen LogP contribution < -0.4 is 5.73 Å². The van der Waals surface area contributed by atoms with Crippen molar-refractivity contribution in [2.45, 2.75) is 25.3 Å². The molecule has 4 nitrogen and oxygen atoms in total. The van der Waals surface area contributed by atoms with Crippen LogP contribution in [-0.2, 0) is 0 Å². The Morgan fingerprint density at radius 3 is 2.62 bits per heavy atom. The van der Waals surface area contributed by atoms with Crippen LogP contribution in [0.4, 0.5) is 5.69 Å². The van der Waals surface area contributed by atoms with E-state index in [0.717, 1.165) is 18.4 Å². The van der Waals surface area contributed by atoms with Crippen LogP contribution in [0, 0.1) is 16.0 Å². The molecule has 0 aliphatic heterocycles. The lowest BCUT2D eigenvalue weighted by Gasteiger charge is -2.31. The molecular weight excluding hydrogens is 228 g/mol. The molecule has 86 valence electrons. The minimum Gasteiger partial charge on any atom is -0.324 e. The van der Waals surface area contributed by atoms with E-state index in [1.54, 1.807) is 6.07 Å². The second-order valence-electron chi connectivity index (χ2n) is 4.22. The molecule has 0 saturated heterocycles. The Labute approximate surface area is 98.5 Å². The SMILES string of the molecule is NC(c1cc(Cl)cc([N+](=O)[O-])c1)C1CCC1. The van der Waals surface area contributed by atoms with Gasteiger partial charge in [-0.05, 0) is 30.4 Å². The van der Waals surface area contributed by atoms with E-state index in [0.29, 0.717) is 10.9 Å². The molecule has 0 radical (unpaired) electrons. The van der Waals surface area contributed by atoms with Crippen molar-refractivity contribution in [1.82, 2.24) is 0 Å². The Balaban J connectivity index is 2.28. The lowest BCUT2D eigenvalue weighted by Crippen LogP contribution is -2.26. The van der Waals surface area contributed by atoms with Gasteiger partial charge in [0.1, 0.15) is 0 Å². The van der Waals surface area contributed by atoms with Gasteiger partial charge in [-0.25, -0.2) is 0 Å². The van der Waals surface area contributed by atoms with Crippen molar-refractivity contribution < 1.29 is 4.92 Å². The standard InChI is InChI=1S/C11H13ClN2O2/c12-9-4-8(5-10(6-9)14(15)16)11(13)7-2-1-3-7/h4-7,11H,1-3,13H2. The van der Waals surface area contributed by atoms with E-state index in [-0.39, 0.29) is 11.7 Å². The van der Waals surface area contributed by atoms with Crippen LogP contribution in [0.1, 0.15) is 30.9 Å². The van der Waals surface area contributed by atoms with E-state index in [1.807, 2.05) is 0 Å². The summed E-state index contributed by atoms with van der Waals surface area (Å²) >= 11 is 5.84.